The maximum Gasteiger partial charge on any atom is 0.119 e. The largest absolute Gasteiger partial charge is 0.494 e. The van der Waals surface area contributed by atoms with E-state index in [2.05, 4.69) is 107 Å². The molecule has 218 valence electrons. The molecule has 0 unspecified atom stereocenters. The second-order valence-electron chi connectivity index (χ2n) is 11.7. The zero-order valence-electron chi connectivity index (χ0n) is 26.3. The number of benzene rings is 1. The van der Waals surface area contributed by atoms with Crippen molar-refractivity contribution in [2.24, 2.45) is 5.41 Å². The highest BCUT2D eigenvalue weighted by Gasteiger charge is 2.15. The first-order chi connectivity index (χ1) is 18.8. The molecule has 0 amide bonds. The highest BCUT2D eigenvalue weighted by atomic mass is 16.5. The van der Waals surface area contributed by atoms with Gasteiger partial charge < -0.3 is 10.1 Å². The molecule has 0 saturated heterocycles. The zero-order chi connectivity index (χ0) is 28.8. The van der Waals surface area contributed by atoms with Gasteiger partial charge in [0, 0.05) is 5.41 Å². The Labute approximate surface area is 242 Å². The van der Waals surface area contributed by atoms with Crippen LogP contribution in [-0.2, 0) is 0 Å². The average Bonchev–Trinajstić information content (AvgIpc) is 2.92. The fourth-order valence-corrected chi connectivity index (χ4v) is 4.49. The van der Waals surface area contributed by atoms with Crippen LogP contribution in [0.15, 0.2) is 77.9 Å². The summed E-state index contributed by atoms with van der Waals surface area (Å²) in [4.78, 5) is 0. The van der Waals surface area contributed by atoms with Gasteiger partial charge in [0.1, 0.15) is 5.75 Å². The normalized spacial score (nSPS) is 13.9. The molecule has 2 nitrogen and oxygen atoms in total. The number of rotatable bonds is 22. The molecule has 0 aliphatic rings. The summed E-state index contributed by atoms with van der Waals surface area (Å²) >= 11 is 0. The van der Waals surface area contributed by atoms with E-state index in [9.17, 15) is 0 Å². The van der Waals surface area contributed by atoms with Gasteiger partial charge in [-0.2, -0.15) is 0 Å². The molecule has 39 heavy (non-hydrogen) atoms. The second-order valence-corrected chi connectivity index (χ2v) is 11.7. The molecule has 1 aromatic rings. The van der Waals surface area contributed by atoms with E-state index in [1.165, 1.54) is 68.9 Å². The molecule has 0 aliphatic carbocycles. The number of unbranched alkanes of at least 4 members (excludes halogenated alkanes) is 5. The van der Waals surface area contributed by atoms with E-state index < -0.39 is 0 Å². The summed E-state index contributed by atoms with van der Waals surface area (Å²) in [7, 11) is 2.02. The Morgan fingerprint density at radius 2 is 1.46 bits per heavy atom. The van der Waals surface area contributed by atoms with Crippen molar-refractivity contribution in [1.29, 1.82) is 0 Å². The third-order valence-corrected chi connectivity index (χ3v) is 7.36. The van der Waals surface area contributed by atoms with Gasteiger partial charge in [-0.1, -0.05) is 72.2 Å². The van der Waals surface area contributed by atoms with Gasteiger partial charge in [0.25, 0.3) is 0 Å². The molecule has 2 heteroatoms. The molecule has 0 radical (unpaired) electrons. The van der Waals surface area contributed by atoms with Crippen LogP contribution in [0.5, 0.6) is 5.75 Å². The Balaban J connectivity index is 2.20. The van der Waals surface area contributed by atoms with Gasteiger partial charge in [-0.15, -0.1) is 6.58 Å². The SMILES string of the molecule is C=C[C@@](C)(/C=C/c1ccc(OCCCCC/C(C)=C/CCCC/C(C)=C/CCCNC)cc1)CCC=C(C)C. The molecule has 1 aromatic carbocycles. The van der Waals surface area contributed by atoms with Crippen LogP contribution in [-0.4, -0.2) is 20.2 Å². The van der Waals surface area contributed by atoms with Crippen LogP contribution >= 0.6 is 0 Å². The van der Waals surface area contributed by atoms with Gasteiger partial charge in [0.05, 0.1) is 6.61 Å². The van der Waals surface area contributed by atoms with Gasteiger partial charge in [-0.25, -0.2) is 0 Å². The predicted octanol–water partition coefficient (Wildman–Crippen LogP) is 11.0. The van der Waals surface area contributed by atoms with Crippen LogP contribution in [0.3, 0.4) is 0 Å². The highest BCUT2D eigenvalue weighted by molar-refractivity contribution is 5.52. The van der Waals surface area contributed by atoms with Crippen LogP contribution in [0.2, 0.25) is 0 Å². The van der Waals surface area contributed by atoms with E-state index in [1.54, 1.807) is 11.1 Å². The van der Waals surface area contributed by atoms with Crippen LogP contribution in [0, 0.1) is 5.41 Å². The van der Waals surface area contributed by atoms with Gasteiger partial charge in [0.2, 0.25) is 0 Å². The van der Waals surface area contributed by atoms with Crippen molar-refractivity contribution in [3.8, 4) is 5.75 Å². The Morgan fingerprint density at radius 3 is 2.08 bits per heavy atom. The molecular formula is C37H59NO. The first kappa shape index (κ1) is 34.7. The Kier molecular flexibility index (Phi) is 19.1. The maximum atomic E-state index is 5.99. The maximum absolute atomic E-state index is 5.99. The van der Waals surface area contributed by atoms with Crippen molar-refractivity contribution in [3.05, 3.63) is 83.5 Å². The fraction of sp³-hybridized carbons (Fsp3) is 0.568. The molecule has 0 heterocycles. The van der Waals surface area contributed by atoms with Gasteiger partial charge in [0.15, 0.2) is 0 Å². The number of hydrogen-bond donors (Lipinski definition) is 1. The highest BCUT2D eigenvalue weighted by Crippen LogP contribution is 2.28. The molecule has 1 rings (SSSR count). The van der Waals surface area contributed by atoms with Crippen molar-refractivity contribution < 1.29 is 4.74 Å². The minimum absolute atomic E-state index is 0.0109. The van der Waals surface area contributed by atoms with Crippen molar-refractivity contribution in [2.75, 3.05) is 20.2 Å². The van der Waals surface area contributed by atoms with Crippen molar-refractivity contribution >= 4 is 6.08 Å². The van der Waals surface area contributed by atoms with Crippen molar-refractivity contribution in [3.63, 3.8) is 0 Å². The summed E-state index contributed by atoms with van der Waals surface area (Å²) in [5.41, 5.74) is 5.69. The predicted molar refractivity (Wildman–Crippen MR) is 176 cm³/mol. The van der Waals surface area contributed by atoms with Crippen molar-refractivity contribution in [1.82, 2.24) is 5.32 Å². The topological polar surface area (TPSA) is 21.3 Å². The van der Waals surface area contributed by atoms with Gasteiger partial charge >= 0.3 is 0 Å². The number of nitrogens with one attached hydrogen (secondary N) is 1. The Morgan fingerprint density at radius 1 is 0.821 bits per heavy atom. The van der Waals surface area contributed by atoms with Crippen LogP contribution in [0.25, 0.3) is 6.08 Å². The molecule has 0 fully saturated rings. The van der Waals surface area contributed by atoms with Crippen LogP contribution < -0.4 is 10.1 Å². The van der Waals surface area contributed by atoms with Crippen LogP contribution in [0.1, 0.15) is 117 Å². The molecule has 0 saturated carbocycles. The third kappa shape index (κ3) is 18.6. The molecular weight excluding hydrogens is 474 g/mol. The summed E-state index contributed by atoms with van der Waals surface area (Å²) in [6, 6.07) is 8.45. The molecule has 0 bridgehead atoms. The quantitative estimate of drug-likeness (QED) is 0.118. The molecule has 1 atom stereocenters. The minimum atomic E-state index is 0.0109. The summed E-state index contributed by atoms with van der Waals surface area (Å²) in [5, 5.41) is 3.21. The lowest BCUT2D eigenvalue weighted by Gasteiger charge is -2.20. The number of ether oxygens (including phenoxy) is 1. The standard InChI is InChI=1S/C37H59NO/c1-8-37(6,28-17-18-32(2)3)29-27-35-23-25-36(26-24-35)39-31-16-10-13-21-33(4)19-11-9-12-20-34(5)22-14-15-30-38-7/h8,18-19,22-27,29,38H,1,9-17,20-21,28,30-31H2,2-7H3/b29-27+,33-19+,34-22+/t37-/m1/s1. The Hall–Kier alpha value is -2.32. The lowest BCUT2D eigenvalue weighted by molar-refractivity contribution is 0.305. The van der Waals surface area contributed by atoms with E-state index >= 15 is 0 Å². The third-order valence-electron chi connectivity index (χ3n) is 7.36. The van der Waals surface area contributed by atoms with Gasteiger partial charge in [-0.05, 0) is 136 Å². The monoisotopic (exact) mass is 533 g/mol. The second kappa shape index (κ2) is 21.5. The minimum Gasteiger partial charge on any atom is -0.494 e. The fourth-order valence-electron chi connectivity index (χ4n) is 4.49. The molecule has 0 spiro atoms. The smallest absolute Gasteiger partial charge is 0.119 e. The average molecular weight is 534 g/mol. The van der Waals surface area contributed by atoms with E-state index in [1.807, 2.05) is 7.05 Å². The van der Waals surface area contributed by atoms with E-state index in [0.29, 0.717) is 0 Å². The first-order valence-corrected chi connectivity index (χ1v) is 15.4. The van der Waals surface area contributed by atoms with Gasteiger partial charge in [-0.3, -0.25) is 0 Å². The van der Waals surface area contributed by atoms with Crippen molar-refractivity contribution in [2.45, 2.75) is 112 Å². The summed E-state index contributed by atoms with van der Waals surface area (Å²) in [6.07, 6.45) is 28.2. The molecule has 0 aliphatic heterocycles. The Bertz CT molecular complexity index is 898. The van der Waals surface area contributed by atoms with E-state index in [0.717, 1.165) is 38.2 Å². The zero-order valence-corrected chi connectivity index (χ0v) is 26.3. The first-order valence-electron chi connectivity index (χ1n) is 15.4. The number of allylic oxidation sites excluding steroid dienone is 8. The lowest BCUT2D eigenvalue weighted by atomic mass is 9.84. The van der Waals surface area contributed by atoms with E-state index in [4.69, 9.17) is 4.74 Å². The molecule has 0 aromatic heterocycles. The van der Waals surface area contributed by atoms with E-state index in [-0.39, 0.29) is 5.41 Å². The molecule has 1 N–H and O–H groups in total. The van der Waals surface area contributed by atoms with Crippen LogP contribution in [0.4, 0.5) is 0 Å². The summed E-state index contributed by atoms with van der Waals surface area (Å²) in [5.74, 6) is 0.960. The number of hydrogen-bond acceptors (Lipinski definition) is 2. The lowest BCUT2D eigenvalue weighted by Crippen LogP contribution is -2.08. The summed E-state index contributed by atoms with van der Waals surface area (Å²) < 4.78 is 5.99. The summed E-state index contributed by atoms with van der Waals surface area (Å²) in [6.45, 7) is 17.1.